The van der Waals surface area contributed by atoms with E-state index in [4.69, 9.17) is 14.2 Å². The number of aromatic nitrogens is 3. The maximum Gasteiger partial charge on any atom is 0.249 e. The number of hydrogen-bond acceptors (Lipinski definition) is 6. The molecule has 5 rings (SSSR count). The molecule has 8 nitrogen and oxygen atoms in total. The molecule has 1 unspecified atom stereocenters. The SMILES string of the molecule is C=C[NH2+]n1c(S(=O)Cc2nccc(OCCC3(C)OCC4(CC4)CO3)c2C)nc2ccccc21. The topological polar surface area (TPSA) is 92.1 Å². The van der Waals surface area contributed by atoms with Gasteiger partial charge in [-0.05, 0) is 51.5 Å². The van der Waals surface area contributed by atoms with Crippen LogP contribution in [0.25, 0.3) is 11.0 Å². The predicted octanol–water partition coefficient (Wildman–Crippen LogP) is 2.83. The minimum Gasteiger partial charge on any atom is -0.493 e. The van der Waals surface area contributed by atoms with Crippen LogP contribution >= 0.6 is 0 Å². The van der Waals surface area contributed by atoms with Crippen LogP contribution in [0.5, 0.6) is 5.75 Å². The number of quaternary nitrogens is 1. The molecule has 3 aromatic rings. The van der Waals surface area contributed by atoms with E-state index in [1.54, 1.807) is 17.8 Å². The maximum atomic E-state index is 13.3. The number of ether oxygens (including phenoxy) is 3. The van der Waals surface area contributed by atoms with Crippen molar-refractivity contribution in [1.82, 2.24) is 14.6 Å². The molecule has 0 amide bonds. The summed E-state index contributed by atoms with van der Waals surface area (Å²) in [6.07, 6.45) is 6.38. The molecule has 0 bridgehead atoms. The van der Waals surface area contributed by atoms with Crippen LogP contribution in [0.3, 0.4) is 0 Å². The largest absolute Gasteiger partial charge is 0.493 e. The summed E-state index contributed by atoms with van der Waals surface area (Å²) >= 11 is 0. The second-order valence-corrected chi connectivity index (χ2v) is 10.7. The van der Waals surface area contributed by atoms with Crippen molar-refractivity contribution in [3.05, 3.63) is 60.6 Å². The van der Waals surface area contributed by atoms with Gasteiger partial charge < -0.3 is 14.2 Å². The molecule has 9 heteroatoms. The molecular formula is C25H31N4O4S+. The third-order valence-electron chi connectivity index (χ3n) is 6.69. The van der Waals surface area contributed by atoms with Crippen molar-refractivity contribution >= 4 is 21.8 Å². The Hall–Kier alpha value is -2.59. The molecule has 0 radical (unpaired) electrons. The summed E-state index contributed by atoms with van der Waals surface area (Å²) in [5, 5.41) is 0.474. The van der Waals surface area contributed by atoms with Crippen molar-refractivity contribution in [3.63, 3.8) is 0 Å². The molecule has 1 aromatic carbocycles. The first-order valence-corrected chi connectivity index (χ1v) is 12.9. The maximum absolute atomic E-state index is 13.3. The monoisotopic (exact) mass is 483 g/mol. The Morgan fingerprint density at radius 2 is 2.03 bits per heavy atom. The van der Waals surface area contributed by atoms with Crippen LogP contribution < -0.4 is 10.2 Å². The first-order chi connectivity index (χ1) is 16.4. The number of hydrogen-bond donors (Lipinski definition) is 1. The van der Waals surface area contributed by atoms with Gasteiger partial charge in [0.2, 0.25) is 5.16 Å². The van der Waals surface area contributed by atoms with E-state index in [1.165, 1.54) is 12.8 Å². The lowest BCUT2D eigenvalue weighted by Gasteiger charge is -2.38. The van der Waals surface area contributed by atoms with E-state index in [0.29, 0.717) is 18.2 Å². The minimum absolute atomic E-state index is 0.239. The van der Waals surface area contributed by atoms with Gasteiger partial charge in [0.25, 0.3) is 0 Å². The lowest BCUT2D eigenvalue weighted by atomic mass is 10.1. The number of nitrogens with zero attached hydrogens (tertiary/aromatic N) is 3. The van der Waals surface area contributed by atoms with Gasteiger partial charge in [0.05, 0.1) is 36.8 Å². The number of imidazole rings is 1. The third-order valence-corrected chi connectivity index (χ3v) is 7.92. The summed E-state index contributed by atoms with van der Waals surface area (Å²) in [4.78, 5) is 9.08. The molecule has 2 aromatic heterocycles. The number of fused-ring (bicyclic) bond motifs is 1. The zero-order valence-corrected chi connectivity index (χ0v) is 20.5. The van der Waals surface area contributed by atoms with E-state index in [1.807, 2.05) is 48.9 Å². The van der Waals surface area contributed by atoms with Crippen LogP contribution in [0, 0.1) is 12.3 Å². The van der Waals surface area contributed by atoms with Crippen molar-refractivity contribution in [2.24, 2.45) is 5.41 Å². The number of nitrogens with two attached hydrogens (primary N) is 1. The standard InChI is InChI=1S/C25H30N4O4S/c1-4-27-29-21-8-6-5-7-19(21)28-23(29)34(30)15-20-18(2)22(9-13-26-20)31-14-12-24(3)32-16-25(10-11-25)17-33-24/h4-9,13,27H,1,10-12,14-17H2,2-3H3/p+1. The summed E-state index contributed by atoms with van der Waals surface area (Å²) in [5.74, 6) is 0.356. The fourth-order valence-corrected chi connectivity index (χ4v) is 5.38. The van der Waals surface area contributed by atoms with Gasteiger partial charge in [-0.3, -0.25) is 9.19 Å². The van der Waals surface area contributed by atoms with Gasteiger partial charge in [-0.25, -0.2) is 10.4 Å². The summed E-state index contributed by atoms with van der Waals surface area (Å²) in [6, 6.07) is 9.55. The van der Waals surface area contributed by atoms with E-state index >= 15 is 0 Å². The highest BCUT2D eigenvalue weighted by atomic mass is 32.2. The van der Waals surface area contributed by atoms with Crippen LogP contribution in [0.15, 0.2) is 54.5 Å². The van der Waals surface area contributed by atoms with E-state index in [2.05, 4.69) is 16.5 Å². The van der Waals surface area contributed by atoms with Crippen LogP contribution in [-0.4, -0.2) is 44.5 Å². The lowest BCUT2D eigenvalue weighted by Crippen LogP contribution is -2.82. The molecule has 2 aliphatic rings. The van der Waals surface area contributed by atoms with Crippen molar-refractivity contribution in [2.45, 2.75) is 49.8 Å². The van der Waals surface area contributed by atoms with Crippen molar-refractivity contribution in [3.8, 4) is 5.75 Å². The Morgan fingerprint density at radius 1 is 1.26 bits per heavy atom. The van der Waals surface area contributed by atoms with Crippen molar-refractivity contribution in [2.75, 3.05) is 19.8 Å². The Kier molecular flexibility index (Phi) is 6.28. The van der Waals surface area contributed by atoms with Gasteiger partial charge >= 0.3 is 0 Å². The zero-order valence-electron chi connectivity index (χ0n) is 19.7. The average molecular weight is 484 g/mol. The molecule has 1 aliphatic heterocycles. The second-order valence-electron chi connectivity index (χ2n) is 9.32. The molecule has 1 saturated carbocycles. The summed E-state index contributed by atoms with van der Waals surface area (Å²) in [5.41, 5.74) is 5.33. The van der Waals surface area contributed by atoms with Crippen LogP contribution in [0.2, 0.25) is 0 Å². The fourth-order valence-electron chi connectivity index (χ4n) is 4.13. The average Bonchev–Trinajstić information content (AvgIpc) is 3.51. The summed E-state index contributed by atoms with van der Waals surface area (Å²) < 4.78 is 33.3. The van der Waals surface area contributed by atoms with Crippen LogP contribution in [0.1, 0.15) is 37.4 Å². The van der Waals surface area contributed by atoms with Crippen molar-refractivity contribution < 1.29 is 23.8 Å². The van der Waals surface area contributed by atoms with Gasteiger partial charge in [0.15, 0.2) is 5.79 Å². The highest BCUT2D eigenvalue weighted by Gasteiger charge is 2.49. The minimum atomic E-state index is -1.40. The molecule has 180 valence electrons. The van der Waals surface area contributed by atoms with Gasteiger partial charge in [-0.2, -0.15) is 4.68 Å². The highest BCUT2D eigenvalue weighted by molar-refractivity contribution is 7.84. The van der Waals surface area contributed by atoms with E-state index in [0.717, 1.165) is 41.3 Å². The van der Waals surface area contributed by atoms with Gasteiger partial charge in [-0.1, -0.05) is 12.1 Å². The number of para-hydroxylation sites is 2. The summed E-state index contributed by atoms with van der Waals surface area (Å²) in [6.45, 7) is 9.69. The second kappa shape index (κ2) is 9.22. The first-order valence-electron chi connectivity index (χ1n) is 11.6. The van der Waals surface area contributed by atoms with Gasteiger partial charge in [-0.15, -0.1) is 0 Å². The van der Waals surface area contributed by atoms with Crippen molar-refractivity contribution in [1.29, 1.82) is 0 Å². The Labute approximate surface area is 201 Å². The molecule has 2 N–H and O–H groups in total. The predicted molar refractivity (Wildman–Crippen MR) is 128 cm³/mol. The van der Waals surface area contributed by atoms with Crippen LogP contribution in [-0.2, 0) is 26.0 Å². The number of pyridine rings is 1. The third kappa shape index (κ3) is 4.65. The molecule has 1 atom stereocenters. The molecule has 1 aliphatic carbocycles. The molecule has 1 spiro atoms. The normalized spacial score (nSPS) is 19.2. The molecule has 2 fully saturated rings. The van der Waals surface area contributed by atoms with Crippen LogP contribution in [0.4, 0.5) is 0 Å². The molecule has 34 heavy (non-hydrogen) atoms. The zero-order chi connectivity index (χ0) is 23.8. The van der Waals surface area contributed by atoms with Gasteiger partial charge in [0.1, 0.15) is 28.3 Å². The fraction of sp³-hybridized carbons (Fsp3) is 0.440. The Balaban J connectivity index is 1.26. The van der Waals surface area contributed by atoms with E-state index in [-0.39, 0.29) is 11.2 Å². The van der Waals surface area contributed by atoms with Gasteiger partial charge in [0, 0.05) is 23.6 Å². The quantitative estimate of drug-likeness (QED) is 0.471. The summed E-state index contributed by atoms with van der Waals surface area (Å²) in [7, 11) is -1.40. The molecule has 3 heterocycles. The lowest BCUT2D eigenvalue weighted by molar-refractivity contribution is -0.649. The number of benzene rings is 1. The highest BCUT2D eigenvalue weighted by Crippen LogP contribution is 2.50. The van der Waals surface area contributed by atoms with E-state index < -0.39 is 16.6 Å². The van der Waals surface area contributed by atoms with E-state index in [9.17, 15) is 4.21 Å². The molecular weight excluding hydrogens is 452 g/mol. The first kappa shape index (κ1) is 23.2. The Bertz CT molecular complexity index is 1230. The Morgan fingerprint density at radius 3 is 2.76 bits per heavy atom. The smallest absolute Gasteiger partial charge is 0.249 e. The molecule has 1 saturated heterocycles. The number of rotatable bonds is 9.